The second-order valence-corrected chi connectivity index (χ2v) is 8.00. The number of ether oxygens (including phenoxy) is 1. The van der Waals surface area contributed by atoms with Gasteiger partial charge in [0, 0.05) is 25.3 Å². The molecule has 1 aromatic rings. The number of nitrogens with two attached hydrogens (primary N) is 1. The fourth-order valence-corrected chi connectivity index (χ4v) is 3.47. The van der Waals surface area contributed by atoms with Gasteiger partial charge in [-0.15, -0.1) is 0 Å². The lowest BCUT2D eigenvalue weighted by molar-refractivity contribution is -0.154. The topological polar surface area (TPSA) is 87.9 Å². The van der Waals surface area contributed by atoms with Gasteiger partial charge in [0.05, 0.1) is 24.4 Å². The Balaban J connectivity index is 2.34. The number of anilines is 2. The Bertz CT molecular complexity index is 844. The first kappa shape index (κ1) is 26.9. The highest BCUT2D eigenvalue weighted by atomic mass is 19.4. The maximum absolute atomic E-state index is 13.7. The predicted molar refractivity (Wildman–Crippen MR) is 109 cm³/mol. The summed E-state index contributed by atoms with van der Waals surface area (Å²) in [5, 5.41) is 2.07. The summed E-state index contributed by atoms with van der Waals surface area (Å²) in [4.78, 5) is 26.6. The summed E-state index contributed by atoms with van der Waals surface area (Å²) in [6.07, 6.45) is -9.54. The molecule has 0 saturated carbocycles. The second kappa shape index (κ2) is 10.7. The molecule has 0 spiro atoms. The van der Waals surface area contributed by atoms with Gasteiger partial charge in [0.2, 0.25) is 5.91 Å². The molecule has 1 atom stereocenters. The van der Waals surface area contributed by atoms with Crippen molar-refractivity contribution in [1.29, 1.82) is 0 Å². The molecule has 1 aliphatic rings. The first-order valence-corrected chi connectivity index (χ1v) is 10.1. The van der Waals surface area contributed by atoms with Gasteiger partial charge in [-0.1, -0.05) is 13.8 Å². The maximum Gasteiger partial charge on any atom is 0.418 e. The number of hydrogen-bond acceptors (Lipinski definition) is 5. The third-order valence-electron chi connectivity index (χ3n) is 4.81. The zero-order chi connectivity index (χ0) is 25.0. The first-order valence-electron chi connectivity index (χ1n) is 10.1. The van der Waals surface area contributed by atoms with E-state index in [0.717, 1.165) is 15.9 Å². The van der Waals surface area contributed by atoms with Crippen molar-refractivity contribution >= 4 is 23.2 Å². The molecule has 0 unspecified atom stereocenters. The molecule has 0 aromatic heterocycles. The number of alkyl halides is 6. The van der Waals surface area contributed by atoms with Crippen molar-refractivity contribution < 1.29 is 40.7 Å². The minimum atomic E-state index is -4.91. The minimum Gasteiger partial charge on any atom is -0.370 e. The highest BCUT2D eigenvalue weighted by molar-refractivity contribution is 5.98. The Morgan fingerprint density at radius 1 is 1.24 bits per heavy atom. The number of amides is 2. The van der Waals surface area contributed by atoms with Gasteiger partial charge >= 0.3 is 12.4 Å². The maximum atomic E-state index is 13.7. The molecule has 186 valence electrons. The quantitative estimate of drug-likeness (QED) is 0.555. The van der Waals surface area contributed by atoms with Crippen LogP contribution in [0.4, 0.5) is 37.7 Å². The molecule has 2 rings (SSSR count). The van der Waals surface area contributed by atoms with Gasteiger partial charge in [-0.3, -0.25) is 14.5 Å². The van der Waals surface area contributed by atoms with Crippen LogP contribution in [-0.2, 0) is 20.5 Å². The smallest absolute Gasteiger partial charge is 0.370 e. The van der Waals surface area contributed by atoms with Gasteiger partial charge in [0.1, 0.15) is 12.6 Å². The van der Waals surface area contributed by atoms with Crippen LogP contribution < -0.4 is 16.0 Å². The van der Waals surface area contributed by atoms with Crippen LogP contribution in [0, 0.1) is 5.92 Å². The molecule has 1 aliphatic heterocycles. The fourth-order valence-electron chi connectivity index (χ4n) is 3.47. The Labute approximate surface area is 186 Å². The standard InChI is InChI=1S/C20H26F6N4O3/c1-12(2)9-29(11-19(21,22)23)16(8-27)18(32)28-15-4-3-13(7-14(15)20(24,25)26)30-5-6-33-10-17(30)31/h3-4,7,12,16H,5-6,8-11,27H2,1-2H3,(H,28,32)/t16-/m0/s1. The lowest BCUT2D eigenvalue weighted by Gasteiger charge is -2.32. The highest BCUT2D eigenvalue weighted by Crippen LogP contribution is 2.38. The summed E-state index contributed by atoms with van der Waals surface area (Å²) in [5.74, 6) is -1.88. The predicted octanol–water partition coefficient (Wildman–Crippen LogP) is 2.85. The molecule has 1 heterocycles. The lowest BCUT2D eigenvalue weighted by Crippen LogP contribution is -2.52. The number of benzene rings is 1. The summed E-state index contributed by atoms with van der Waals surface area (Å²) in [6, 6.07) is 1.38. The molecule has 13 heteroatoms. The van der Waals surface area contributed by atoms with E-state index >= 15 is 0 Å². The molecule has 33 heavy (non-hydrogen) atoms. The lowest BCUT2D eigenvalue weighted by atomic mass is 10.1. The van der Waals surface area contributed by atoms with E-state index in [1.54, 1.807) is 13.8 Å². The Kier molecular flexibility index (Phi) is 8.71. The molecule has 1 saturated heterocycles. The number of hydrogen-bond donors (Lipinski definition) is 2. The monoisotopic (exact) mass is 484 g/mol. The highest BCUT2D eigenvalue weighted by Gasteiger charge is 2.38. The molecule has 2 amide bonds. The summed E-state index contributed by atoms with van der Waals surface area (Å²) >= 11 is 0. The zero-order valence-electron chi connectivity index (χ0n) is 18.1. The third kappa shape index (κ3) is 7.57. The Morgan fingerprint density at radius 3 is 2.42 bits per heavy atom. The van der Waals surface area contributed by atoms with Crippen molar-refractivity contribution in [1.82, 2.24) is 4.90 Å². The number of rotatable bonds is 8. The van der Waals surface area contributed by atoms with E-state index in [9.17, 15) is 35.9 Å². The number of nitrogens with one attached hydrogen (secondary N) is 1. The van der Waals surface area contributed by atoms with E-state index in [1.165, 1.54) is 6.07 Å². The Morgan fingerprint density at radius 2 is 1.91 bits per heavy atom. The molecule has 0 bridgehead atoms. The number of halogens is 6. The summed E-state index contributed by atoms with van der Waals surface area (Å²) in [7, 11) is 0. The molecule has 1 fully saturated rings. The van der Waals surface area contributed by atoms with Crippen molar-refractivity contribution in [3.05, 3.63) is 23.8 Å². The van der Waals surface area contributed by atoms with Gasteiger partial charge in [0.15, 0.2) is 0 Å². The van der Waals surface area contributed by atoms with Crippen LogP contribution >= 0.6 is 0 Å². The van der Waals surface area contributed by atoms with Gasteiger partial charge in [-0.05, 0) is 24.1 Å². The van der Waals surface area contributed by atoms with Crippen LogP contribution in [0.15, 0.2) is 18.2 Å². The normalized spacial score (nSPS) is 16.5. The van der Waals surface area contributed by atoms with Crippen molar-refractivity contribution in [3.63, 3.8) is 0 Å². The van der Waals surface area contributed by atoms with E-state index < -0.39 is 54.5 Å². The first-order chi connectivity index (χ1) is 15.2. The largest absolute Gasteiger partial charge is 0.418 e. The van der Waals surface area contributed by atoms with Gasteiger partial charge < -0.3 is 20.7 Å². The van der Waals surface area contributed by atoms with E-state index in [0.29, 0.717) is 6.07 Å². The Hall–Kier alpha value is -2.38. The molecule has 0 radical (unpaired) electrons. The number of carbonyl (C=O) groups is 2. The van der Waals surface area contributed by atoms with Crippen LogP contribution in [0.2, 0.25) is 0 Å². The molecular formula is C20H26F6N4O3. The van der Waals surface area contributed by atoms with Crippen LogP contribution in [0.1, 0.15) is 19.4 Å². The summed E-state index contributed by atoms with van der Waals surface area (Å²) in [6.45, 7) is 1.10. The van der Waals surface area contributed by atoms with Crippen molar-refractivity contribution in [2.75, 3.05) is 49.6 Å². The number of nitrogens with zero attached hydrogens (tertiary/aromatic N) is 2. The van der Waals surface area contributed by atoms with Crippen LogP contribution in [-0.4, -0.2) is 68.3 Å². The van der Waals surface area contributed by atoms with Gasteiger partial charge in [-0.2, -0.15) is 26.3 Å². The number of morpholine rings is 1. The third-order valence-corrected chi connectivity index (χ3v) is 4.81. The molecule has 0 aliphatic carbocycles. The van der Waals surface area contributed by atoms with E-state index in [-0.39, 0.29) is 37.9 Å². The molecule has 1 aromatic carbocycles. The van der Waals surface area contributed by atoms with Crippen LogP contribution in [0.3, 0.4) is 0 Å². The van der Waals surface area contributed by atoms with E-state index in [4.69, 9.17) is 10.5 Å². The van der Waals surface area contributed by atoms with E-state index in [2.05, 4.69) is 5.32 Å². The molecular weight excluding hydrogens is 458 g/mol. The van der Waals surface area contributed by atoms with Crippen molar-refractivity contribution in [3.8, 4) is 0 Å². The van der Waals surface area contributed by atoms with Gasteiger partial charge in [-0.25, -0.2) is 0 Å². The van der Waals surface area contributed by atoms with Crippen LogP contribution in [0.25, 0.3) is 0 Å². The summed E-state index contributed by atoms with van der Waals surface area (Å²) in [5.41, 5.74) is 3.61. The molecule has 3 N–H and O–H groups in total. The van der Waals surface area contributed by atoms with Crippen molar-refractivity contribution in [2.24, 2.45) is 11.7 Å². The van der Waals surface area contributed by atoms with Gasteiger partial charge in [0.25, 0.3) is 5.91 Å². The van der Waals surface area contributed by atoms with E-state index in [1.807, 2.05) is 0 Å². The molecule has 7 nitrogen and oxygen atoms in total. The van der Waals surface area contributed by atoms with Crippen LogP contribution in [0.5, 0.6) is 0 Å². The minimum absolute atomic E-state index is 0.0393. The summed E-state index contributed by atoms with van der Waals surface area (Å²) < 4.78 is 85.1. The van der Waals surface area contributed by atoms with Crippen molar-refractivity contribution in [2.45, 2.75) is 32.2 Å². The SMILES string of the molecule is CC(C)CN(CC(F)(F)F)[C@@H](CN)C(=O)Nc1ccc(N2CCOCC2=O)cc1C(F)(F)F. The average molecular weight is 484 g/mol. The fraction of sp³-hybridized carbons (Fsp3) is 0.600. The zero-order valence-corrected chi connectivity index (χ0v) is 18.1. The average Bonchev–Trinajstić information content (AvgIpc) is 2.66. The second-order valence-electron chi connectivity index (χ2n) is 8.00. The number of carbonyl (C=O) groups excluding carboxylic acids is 2.